The highest BCUT2D eigenvalue weighted by Gasteiger charge is 2.54. The zero-order chi connectivity index (χ0) is 21.0. The number of rotatable bonds is 7. The number of aliphatic hydroxyl groups excluding tert-OH is 1. The summed E-state index contributed by atoms with van der Waals surface area (Å²) in [6, 6.07) is -0.889. The lowest BCUT2D eigenvalue weighted by atomic mass is 9.91. The van der Waals surface area contributed by atoms with Crippen molar-refractivity contribution in [2.45, 2.75) is 111 Å². The van der Waals surface area contributed by atoms with Gasteiger partial charge in [0, 0.05) is 12.5 Å². The van der Waals surface area contributed by atoms with Crippen LogP contribution in [0.2, 0.25) is 0 Å². The van der Waals surface area contributed by atoms with E-state index in [0.717, 1.165) is 25.7 Å². The molecule has 1 N–H and O–H groups in total. The minimum absolute atomic E-state index is 0.221. The van der Waals surface area contributed by atoms with Crippen molar-refractivity contribution in [3.63, 3.8) is 0 Å². The molecule has 3 atom stereocenters. The van der Waals surface area contributed by atoms with Gasteiger partial charge in [-0.3, -0.25) is 9.69 Å². The fourth-order valence-corrected chi connectivity index (χ4v) is 3.78. The first-order chi connectivity index (χ1) is 12.3. The van der Waals surface area contributed by atoms with Crippen molar-refractivity contribution in [1.82, 2.24) is 9.80 Å². The largest absolute Gasteiger partial charge is 0.444 e. The highest BCUT2D eigenvalue weighted by molar-refractivity contribution is 5.90. The van der Waals surface area contributed by atoms with Crippen molar-refractivity contribution in [2.75, 3.05) is 7.05 Å². The molecule has 0 bridgehead atoms. The second kappa shape index (κ2) is 9.26. The number of hydrogen-bond donors (Lipinski definition) is 1. The molecule has 6 nitrogen and oxygen atoms in total. The maximum atomic E-state index is 13.0. The molecule has 0 aromatic heterocycles. The number of ether oxygens (including phenoxy) is 1. The molecule has 0 aliphatic carbocycles. The lowest BCUT2D eigenvalue weighted by Crippen LogP contribution is -2.54. The van der Waals surface area contributed by atoms with Gasteiger partial charge in [-0.25, -0.2) is 4.79 Å². The Labute approximate surface area is 165 Å². The SMILES string of the molecule is CCCCCCC[C@@H](O)[C@H]1C(=O)N(C)[C@H](C(C)(C)C)N1C(=O)OC(C)(C)C. The maximum absolute atomic E-state index is 13.0. The molecule has 0 saturated carbocycles. The van der Waals surface area contributed by atoms with E-state index in [0.29, 0.717) is 6.42 Å². The molecule has 158 valence electrons. The minimum atomic E-state index is -0.889. The maximum Gasteiger partial charge on any atom is 0.412 e. The molecule has 2 amide bonds. The Morgan fingerprint density at radius 1 is 1.11 bits per heavy atom. The van der Waals surface area contributed by atoms with Gasteiger partial charge in [0.05, 0.1) is 6.10 Å². The van der Waals surface area contributed by atoms with Crippen LogP contribution in [-0.4, -0.2) is 57.9 Å². The number of unbranched alkanes of at least 4 members (excludes halogenated alkanes) is 4. The summed E-state index contributed by atoms with van der Waals surface area (Å²) in [5, 5.41) is 10.8. The van der Waals surface area contributed by atoms with E-state index in [1.54, 1.807) is 32.7 Å². The van der Waals surface area contributed by atoms with Crippen molar-refractivity contribution in [3.8, 4) is 0 Å². The molecule has 1 aliphatic rings. The van der Waals surface area contributed by atoms with Crippen LogP contribution in [0.25, 0.3) is 0 Å². The third kappa shape index (κ3) is 6.37. The Kier molecular flexibility index (Phi) is 8.14. The second-order valence-corrected chi connectivity index (χ2v) is 9.79. The molecule has 1 heterocycles. The summed E-state index contributed by atoms with van der Waals surface area (Å²) in [6.45, 7) is 13.5. The Balaban J connectivity index is 3.02. The van der Waals surface area contributed by atoms with Crippen LogP contribution < -0.4 is 0 Å². The number of likely N-dealkylation sites (N-methyl/N-ethyl adjacent to an activating group) is 1. The van der Waals surface area contributed by atoms with Gasteiger partial charge < -0.3 is 14.7 Å². The fourth-order valence-electron chi connectivity index (χ4n) is 3.78. The van der Waals surface area contributed by atoms with E-state index in [9.17, 15) is 14.7 Å². The normalized spacial score (nSPS) is 22.3. The molecule has 0 spiro atoms. The average Bonchev–Trinajstić information content (AvgIpc) is 2.77. The number of carbonyl (C=O) groups excluding carboxylic acids is 2. The van der Waals surface area contributed by atoms with Gasteiger partial charge in [-0.05, 0) is 27.2 Å². The van der Waals surface area contributed by atoms with Crippen molar-refractivity contribution >= 4 is 12.0 Å². The molecular formula is C21H40N2O4. The summed E-state index contributed by atoms with van der Waals surface area (Å²) >= 11 is 0. The van der Waals surface area contributed by atoms with Gasteiger partial charge in [0.2, 0.25) is 5.91 Å². The number of aliphatic hydroxyl groups is 1. The number of hydrogen-bond acceptors (Lipinski definition) is 4. The molecule has 1 saturated heterocycles. The Morgan fingerprint density at radius 2 is 1.67 bits per heavy atom. The van der Waals surface area contributed by atoms with Gasteiger partial charge in [-0.1, -0.05) is 59.8 Å². The third-order valence-electron chi connectivity index (χ3n) is 4.88. The van der Waals surface area contributed by atoms with Gasteiger partial charge in [-0.15, -0.1) is 0 Å². The monoisotopic (exact) mass is 384 g/mol. The van der Waals surface area contributed by atoms with Crippen LogP contribution in [0.1, 0.15) is 87.0 Å². The summed E-state index contributed by atoms with van der Waals surface area (Å²) < 4.78 is 5.58. The first kappa shape index (κ1) is 23.7. The number of carbonyl (C=O) groups is 2. The highest BCUT2D eigenvalue weighted by atomic mass is 16.6. The second-order valence-electron chi connectivity index (χ2n) is 9.79. The van der Waals surface area contributed by atoms with Gasteiger partial charge >= 0.3 is 6.09 Å². The zero-order valence-electron chi connectivity index (χ0n) is 18.5. The van der Waals surface area contributed by atoms with E-state index in [1.807, 2.05) is 20.8 Å². The Bertz CT molecular complexity index is 507. The van der Waals surface area contributed by atoms with Crippen molar-refractivity contribution in [2.24, 2.45) is 5.41 Å². The van der Waals surface area contributed by atoms with Crippen LogP contribution in [0.15, 0.2) is 0 Å². The fraction of sp³-hybridized carbons (Fsp3) is 0.905. The van der Waals surface area contributed by atoms with Gasteiger partial charge in [0.25, 0.3) is 0 Å². The smallest absolute Gasteiger partial charge is 0.412 e. The summed E-state index contributed by atoms with van der Waals surface area (Å²) in [5.41, 5.74) is -1.03. The number of amides is 2. The molecule has 1 fully saturated rings. The zero-order valence-corrected chi connectivity index (χ0v) is 18.5. The molecule has 0 aromatic rings. The lowest BCUT2D eigenvalue weighted by molar-refractivity contribution is -0.131. The summed E-state index contributed by atoms with van der Waals surface area (Å²) in [5.74, 6) is -0.221. The third-order valence-corrected chi connectivity index (χ3v) is 4.88. The summed E-state index contributed by atoms with van der Waals surface area (Å²) in [4.78, 5) is 28.9. The van der Waals surface area contributed by atoms with E-state index in [4.69, 9.17) is 4.74 Å². The van der Waals surface area contributed by atoms with E-state index < -0.39 is 30.0 Å². The van der Waals surface area contributed by atoms with Crippen molar-refractivity contribution < 1.29 is 19.4 Å². The molecule has 0 radical (unpaired) electrons. The predicted molar refractivity (Wildman–Crippen MR) is 107 cm³/mol. The summed E-state index contributed by atoms with van der Waals surface area (Å²) in [7, 11) is 1.70. The van der Waals surface area contributed by atoms with E-state index in [-0.39, 0.29) is 11.3 Å². The molecule has 6 heteroatoms. The molecule has 27 heavy (non-hydrogen) atoms. The van der Waals surface area contributed by atoms with Crippen molar-refractivity contribution in [3.05, 3.63) is 0 Å². The van der Waals surface area contributed by atoms with E-state index in [2.05, 4.69) is 6.92 Å². The van der Waals surface area contributed by atoms with Crippen LogP contribution in [0.4, 0.5) is 4.79 Å². The van der Waals surface area contributed by atoms with E-state index >= 15 is 0 Å². The highest BCUT2D eigenvalue weighted by Crippen LogP contribution is 2.36. The molecule has 1 aliphatic heterocycles. The van der Waals surface area contributed by atoms with Gasteiger partial charge in [0.1, 0.15) is 17.8 Å². The van der Waals surface area contributed by atoms with Crippen LogP contribution in [0, 0.1) is 5.41 Å². The molecule has 0 unspecified atom stereocenters. The van der Waals surface area contributed by atoms with E-state index in [1.165, 1.54) is 11.3 Å². The topological polar surface area (TPSA) is 70.1 Å². The molecule has 0 aromatic carbocycles. The van der Waals surface area contributed by atoms with Gasteiger partial charge in [-0.2, -0.15) is 0 Å². The van der Waals surface area contributed by atoms with Crippen LogP contribution in [-0.2, 0) is 9.53 Å². The molecular weight excluding hydrogens is 344 g/mol. The minimum Gasteiger partial charge on any atom is -0.444 e. The standard InChI is InChI=1S/C21H40N2O4/c1-9-10-11-12-13-14-15(24)16-17(25)22(8)18(20(2,3)4)23(16)19(26)27-21(5,6)7/h15-16,18,24H,9-14H2,1-8H3/t15-,16+,18+/m1/s1. The van der Waals surface area contributed by atoms with Crippen LogP contribution >= 0.6 is 0 Å². The van der Waals surface area contributed by atoms with Gasteiger partial charge in [0.15, 0.2) is 0 Å². The quantitative estimate of drug-likeness (QED) is 0.669. The Morgan fingerprint density at radius 3 is 2.15 bits per heavy atom. The summed E-state index contributed by atoms with van der Waals surface area (Å²) in [6.07, 6.45) is 3.95. The Hall–Kier alpha value is -1.30. The first-order valence-corrected chi connectivity index (χ1v) is 10.3. The van der Waals surface area contributed by atoms with Crippen molar-refractivity contribution in [1.29, 1.82) is 0 Å². The lowest BCUT2D eigenvalue weighted by Gasteiger charge is -2.39. The predicted octanol–water partition coefficient (Wildman–Crippen LogP) is 4.16. The number of nitrogens with zero attached hydrogens (tertiary/aromatic N) is 2. The van der Waals surface area contributed by atoms with Crippen LogP contribution in [0.3, 0.4) is 0 Å². The first-order valence-electron chi connectivity index (χ1n) is 10.3. The average molecular weight is 385 g/mol. The van der Waals surface area contributed by atoms with Crippen LogP contribution in [0.5, 0.6) is 0 Å². The molecule has 1 rings (SSSR count).